The Morgan fingerprint density at radius 1 is 1.17 bits per heavy atom. The zero-order valence-corrected chi connectivity index (χ0v) is 14.5. The molecule has 0 atom stereocenters. The number of sulfonamides is 1. The quantitative estimate of drug-likeness (QED) is 0.686. The molecule has 7 heteroatoms. The Bertz CT molecular complexity index is 936. The zero-order valence-electron chi connectivity index (χ0n) is 13.6. The average molecular weight is 345 g/mol. The maximum atomic E-state index is 12.9. The van der Waals surface area contributed by atoms with E-state index in [1.165, 1.54) is 4.31 Å². The van der Waals surface area contributed by atoms with E-state index in [-0.39, 0.29) is 4.90 Å². The summed E-state index contributed by atoms with van der Waals surface area (Å²) in [5.41, 5.74) is 2.20. The molecule has 0 saturated heterocycles. The van der Waals surface area contributed by atoms with Crippen LogP contribution < -0.4 is 0 Å². The Morgan fingerprint density at radius 3 is 2.62 bits per heavy atom. The van der Waals surface area contributed by atoms with Crippen molar-refractivity contribution in [3.63, 3.8) is 0 Å². The molecule has 0 radical (unpaired) electrons. The van der Waals surface area contributed by atoms with E-state index in [0.29, 0.717) is 36.5 Å². The minimum atomic E-state index is -3.57. The molecule has 0 unspecified atom stereocenters. The first-order valence-electron chi connectivity index (χ1n) is 7.77. The van der Waals surface area contributed by atoms with Gasteiger partial charge in [0.05, 0.1) is 4.90 Å². The van der Waals surface area contributed by atoms with E-state index in [2.05, 4.69) is 9.97 Å². The van der Waals surface area contributed by atoms with Crippen molar-refractivity contribution in [2.75, 3.05) is 13.1 Å². The summed E-state index contributed by atoms with van der Waals surface area (Å²) in [7, 11) is -3.57. The molecule has 0 aliphatic carbocycles. The van der Waals surface area contributed by atoms with Crippen molar-refractivity contribution in [3.8, 4) is 0 Å². The molecule has 0 bridgehead atoms. The molecule has 24 heavy (non-hydrogen) atoms. The second-order valence-electron chi connectivity index (χ2n) is 5.46. The Balaban J connectivity index is 1.85. The van der Waals surface area contributed by atoms with Gasteiger partial charge in [-0.15, -0.1) is 0 Å². The van der Waals surface area contributed by atoms with Crippen molar-refractivity contribution in [1.29, 1.82) is 0 Å². The van der Waals surface area contributed by atoms with Gasteiger partial charge in [0.15, 0.2) is 11.5 Å². The van der Waals surface area contributed by atoms with Gasteiger partial charge in [-0.25, -0.2) is 13.4 Å². The molecular weight excluding hydrogens is 326 g/mol. The fraction of sp³-hybridized carbons (Fsp3) is 0.294. The lowest BCUT2D eigenvalue weighted by Crippen LogP contribution is -2.32. The van der Waals surface area contributed by atoms with Crippen molar-refractivity contribution in [2.45, 2.75) is 25.2 Å². The molecule has 2 aromatic heterocycles. The van der Waals surface area contributed by atoms with E-state index in [1.807, 2.05) is 19.1 Å². The van der Waals surface area contributed by atoms with Crippen LogP contribution in [0.15, 0.2) is 52.0 Å². The summed E-state index contributed by atoms with van der Waals surface area (Å²) in [6, 6.07) is 8.57. The highest BCUT2D eigenvalue weighted by atomic mass is 32.2. The number of hydrogen-bond acceptors (Lipinski definition) is 5. The number of pyridine rings is 1. The van der Waals surface area contributed by atoms with Gasteiger partial charge in [-0.3, -0.25) is 4.98 Å². The summed E-state index contributed by atoms with van der Waals surface area (Å²) in [4.78, 5) is 8.42. The molecule has 0 spiro atoms. The van der Waals surface area contributed by atoms with Crippen molar-refractivity contribution >= 4 is 21.1 Å². The van der Waals surface area contributed by atoms with Crippen LogP contribution in [0.25, 0.3) is 11.1 Å². The van der Waals surface area contributed by atoms with Crippen LogP contribution in [0.1, 0.15) is 18.4 Å². The topological polar surface area (TPSA) is 76.3 Å². The minimum Gasteiger partial charge on any atom is -0.441 e. The molecule has 3 rings (SSSR count). The van der Waals surface area contributed by atoms with Crippen molar-refractivity contribution in [2.24, 2.45) is 0 Å². The molecule has 126 valence electrons. The van der Waals surface area contributed by atoms with E-state index < -0.39 is 10.0 Å². The number of nitrogens with zero attached hydrogens (tertiary/aromatic N) is 3. The molecule has 0 fully saturated rings. The zero-order chi connectivity index (χ0) is 17.2. The third-order valence-corrected chi connectivity index (χ3v) is 5.83. The molecule has 0 aliphatic rings. The van der Waals surface area contributed by atoms with Gasteiger partial charge in [-0.05, 0) is 42.3 Å². The van der Waals surface area contributed by atoms with Gasteiger partial charge in [0.1, 0.15) is 5.52 Å². The van der Waals surface area contributed by atoms with E-state index >= 15 is 0 Å². The first-order chi connectivity index (χ1) is 11.5. The number of oxazole rings is 1. The third-order valence-electron chi connectivity index (χ3n) is 3.86. The SMILES string of the molecule is CCN(CCc1ccncc1)S(=O)(=O)c1ccc2oc(C)nc2c1. The smallest absolute Gasteiger partial charge is 0.243 e. The second-order valence-corrected chi connectivity index (χ2v) is 7.40. The van der Waals surface area contributed by atoms with Crippen LogP contribution in [-0.2, 0) is 16.4 Å². The second kappa shape index (κ2) is 6.70. The van der Waals surface area contributed by atoms with Crippen LogP contribution in [0.3, 0.4) is 0 Å². The number of aryl methyl sites for hydroxylation is 1. The normalized spacial score (nSPS) is 12.1. The molecule has 3 aromatic rings. The predicted octanol–water partition coefficient (Wildman–Crippen LogP) is 2.78. The largest absolute Gasteiger partial charge is 0.441 e. The van der Waals surface area contributed by atoms with Gasteiger partial charge in [0.2, 0.25) is 10.0 Å². The van der Waals surface area contributed by atoms with Crippen LogP contribution in [0.5, 0.6) is 0 Å². The summed E-state index contributed by atoms with van der Waals surface area (Å²) >= 11 is 0. The average Bonchev–Trinajstić information content (AvgIpc) is 2.95. The highest BCUT2D eigenvalue weighted by molar-refractivity contribution is 7.89. The monoisotopic (exact) mass is 345 g/mol. The molecular formula is C17H19N3O3S. The van der Waals surface area contributed by atoms with Crippen molar-refractivity contribution in [3.05, 3.63) is 54.2 Å². The molecule has 0 saturated carbocycles. The van der Waals surface area contributed by atoms with Crippen LogP contribution in [-0.4, -0.2) is 35.8 Å². The molecule has 6 nitrogen and oxygen atoms in total. The van der Waals surface area contributed by atoms with Crippen LogP contribution >= 0.6 is 0 Å². The van der Waals surface area contributed by atoms with Crippen molar-refractivity contribution in [1.82, 2.24) is 14.3 Å². The van der Waals surface area contributed by atoms with E-state index in [1.54, 1.807) is 37.5 Å². The standard InChI is InChI=1S/C17H19N3O3S/c1-3-20(11-8-14-6-9-18-10-7-14)24(21,22)15-4-5-17-16(12-15)19-13(2)23-17/h4-7,9-10,12H,3,8,11H2,1-2H3. The van der Waals surface area contributed by atoms with Crippen LogP contribution in [0.4, 0.5) is 0 Å². The first kappa shape index (κ1) is 16.6. The fourth-order valence-corrected chi connectivity index (χ4v) is 4.05. The predicted molar refractivity (Wildman–Crippen MR) is 91.1 cm³/mol. The Morgan fingerprint density at radius 2 is 1.92 bits per heavy atom. The summed E-state index contributed by atoms with van der Waals surface area (Å²) in [6.45, 7) is 4.39. The Hall–Kier alpha value is -2.25. The van der Waals surface area contributed by atoms with E-state index in [4.69, 9.17) is 4.42 Å². The number of likely N-dealkylation sites (N-methyl/N-ethyl adjacent to an activating group) is 1. The number of hydrogen-bond donors (Lipinski definition) is 0. The highest BCUT2D eigenvalue weighted by Gasteiger charge is 2.23. The number of fused-ring (bicyclic) bond motifs is 1. The molecule has 0 N–H and O–H groups in total. The highest BCUT2D eigenvalue weighted by Crippen LogP contribution is 2.22. The summed E-state index contributed by atoms with van der Waals surface area (Å²) < 4.78 is 32.7. The van der Waals surface area contributed by atoms with Gasteiger partial charge in [-0.2, -0.15) is 4.31 Å². The molecule has 1 aromatic carbocycles. The summed E-state index contributed by atoms with van der Waals surface area (Å²) in [5.74, 6) is 0.518. The molecule has 0 amide bonds. The first-order valence-corrected chi connectivity index (χ1v) is 9.21. The van der Waals surface area contributed by atoms with E-state index in [9.17, 15) is 8.42 Å². The molecule has 2 heterocycles. The lowest BCUT2D eigenvalue weighted by molar-refractivity contribution is 0.431. The lowest BCUT2D eigenvalue weighted by atomic mass is 10.2. The maximum absolute atomic E-state index is 12.9. The van der Waals surface area contributed by atoms with Crippen LogP contribution in [0.2, 0.25) is 0 Å². The lowest BCUT2D eigenvalue weighted by Gasteiger charge is -2.20. The number of rotatable bonds is 6. The van der Waals surface area contributed by atoms with Crippen molar-refractivity contribution < 1.29 is 12.8 Å². The minimum absolute atomic E-state index is 0.236. The number of aromatic nitrogens is 2. The maximum Gasteiger partial charge on any atom is 0.243 e. The van der Waals surface area contributed by atoms with Gasteiger partial charge in [-0.1, -0.05) is 6.92 Å². The Kier molecular flexibility index (Phi) is 4.64. The van der Waals surface area contributed by atoms with Gasteiger partial charge >= 0.3 is 0 Å². The van der Waals surface area contributed by atoms with Gasteiger partial charge in [0.25, 0.3) is 0 Å². The summed E-state index contributed by atoms with van der Waals surface area (Å²) in [6.07, 6.45) is 4.06. The molecule has 0 aliphatic heterocycles. The van der Waals surface area contributed by atoms with Crippen LogP contribution in [0, 0.1) is 6.92 Å². The number of benzene rings is 1. The Labute approximate surface area is 141 Å². The van der Waals surface area contributed by atoms with Gasteiger partial charge in [0, 0.05) is 32.4 Å². The third kappa shape index (κ3) is 3.32. The summed E-state index contributed by atoms with van der Waals surface area (Å²) in [5, 5.41) is 0. The fourth-order valence-electron chi connectivity index (χ4n) is 2.58. The van der Waals surface area contributed by atoms with E-state index in [0.717, 1.165) is 5.56 Å². The van der Waals surface area contributed by atoms with Gasteiger partial charge < -0.3 is 4.42 Å².